The number of hydrogen-bond acceptors (Lipinski definition) is 3. The highest BCUT2D eigenvalue weighted by atomic mass is 32.1. The van der Waals surface area contributed by atoms with Crippen molar-refractivity contribution in [2.45, 2.75) is 51.4 Å². The molecule has 1 aromatic rings. The lowest BCUT2D eigenvalue weighted by molar-refractivity contribution is -0.133. The molecule has 21 heavy (non-hydrogen) atoms. The molecule has 1 amide bonds. The fourth-order valence-corrected chi connectivity index (χ4v) is 4.33. The van der Waals surface area contributed by atoms with Crippen LogP contribution >= 0.6 is 11.3 Å². The Kier molecular flexibility index (Phi) is 4.73. The lowest BCUT2D eigenvalue weighted by Crippen LogP contribution is -2.39. The van der Waals surface area contributed by atoms with Crippen molar-refractivity contribution in [3.8, 4) is 0 Å². The van der Waals surface area contributed by atoms with Gasteiger partial charge in [-0.3, -0.25) is 4.79 Å². The van der Waals surface area contributed by atoms with E-state index in [1.807, 2.05) is 0 Å². The third kappa shape index (κ3) is 3.54. The lowest BCUT2D eigenvalue weighted by Gasteiger charge is -2.32. The highest BCUT2D eigenvalue weighted by molar-refractivity contribution is 7.09. The molecule has 0 unspecified atom stereocenters. The summed E-state index contributed by atoms with van der Waals surface area (Å²) in [5.41, 5.74) is 1.19. The van der Waals surface area contributed by atoms with Gasteiger partial charge in [-0.05, 0) is 38.0 Å². The molecule has 1 aliphatic heterocycles. The number of amides is 1. The Balaban J connectivity index is 1.59. The van der Waals surface area contributed by atoms with Crippen LogP contribution < -0.4 is 0 Å². The summed E-state index contributed by atoms with van der Waals surface area (Å²) in [6.07, 6.45) is 10.7. The van der Waals surface area contributed by atoms with E-state index in [4.69, 9.17) is 4.98 Å². The molecule has 2 atom stereocenters. The number of aryl methyl sites for hydroxylation is 1. The van der Waals surface area contributed by atoms with Crippen LogP contribution in [0.1, 0.15) is 55.6 Å². The summed E-state index contributed by atoms with van der Waals surface area (Å²) in [7, 11) is 0. The topological polar surface area (TPSA) is 33.2 Å². The van der Waals surface area contributed by atoms with Gasteiger partial charge in [0.05, 0.1) is 10.7 Å². The van der Waals surface area contributed by atoms with Crippen molar-refractivity contribution >= 4 is 17.2 Å². The zero-order chi connectivity index (χ0) is 14.7. The Hall–Kier alpha value is -1.16. The second kappa shape index (κ2) is 6.73. The van der Waals surface area contributed by atoms with E-state index in [-0.39, 0.29) is 0 Å². The van der Waals surface area contributed by atoms with Crippen molar-refractivity contribution < 1.29 is 4.79 Å². The van der Waals surface area contributed by atoms with Crippen LogP contribution in [0.15, 0.2) is 17.5 Å². The number of aromatic nitrogens is 1. The van der Waals surface area contributed by atoms with E-state index >= 15 is 0 Å². The molecule has 0 spiro atoms. The fourth-order valence-electron chi connectivity index (χ4n) is 3.30. The Morgan fingerprint density at radius 1 is 1.48 bits per heavy atom. The van der Waals surface area contributed by atoms with Crippen LogP contribution in [0.3, 0.4) is 0 Å². The van der Waals surface area contributed by atoms with Gasteiger partial charge < -0.3 is 4.90 Å². The molecule has 2 heterocycles. The Morgan fingerprint density at radius 2 is 2.38 bits per heavy atom. The second-order valence-electron chi connectivity index (χ2n) is 6.18. The van der Waals surface area contributed by atoms with Crippen molar-refractivity contribution in [3.63, 3.8) is 0 Å². The molecule has 114 valence electrons. The first-order valence-corrected chi connectivity index (χ1v) is 9.03. The van der Waals surface area contributed by atoms with Crippen LogP contribution in [0.25, 0.3) is 0 Å². The number of carbonyl (C=O) groups excluding carboxylic acids is 1. The number of carbonyl (C=O) groups is 1. The van der Waals surface area contributed by atoms with Gasteiger partial charge in [0.25, 0.3) is 0 Å². The van der Waals surface area contributed by atoms with Gasteiger partial charge in [0.15, 0.2) is 0 Å². The molecular formula is C17H24N2OS. The molecule has 0 aromatic carbocycles. The van der Waals surface area contributed by atoms with Crippen molar-refractivity contribution in [3.05, 3.63) is 28.2 Å². The smallest absolute Gasteiger partial charge is 0.223 e. The van der Waals surface area contributed by atoms with E-state index in [1.165, 1.54) is 17.1 Å². The highest BCUT2D eigenvalue weighted by Gasteiger charge is 2.27. The largest absolute Gasteiger partial charge is 0.342 e. The molecular weight excluding hydrogens is 280 g/mol. The van der Waals surface area contributed by atoms with Crippen LogP contribution in [0.2, 0.25) is 0 Å². The van der Waals surface area contributed by atoms with E-state index in [9.17, 15) is 4.79 Å². The predicted molar refractivity (Wildman–Crippen MR) is 86.5 cm³/mol. The summed E-state index contributed by atoms with van der Waals surface area (Å²) in [6.45, 7) is 3.94. The minimum absolute atomic E-state index is 0.337. The van der Waals surface area contributed by atoms with Gasteiger partial charge in [-0.2, -0.15) is 0 Å². The summed E-state index contributed by atoms with van der Waals surface area (Å²) < 4.78 is 0. The number of likely N-dealkylation sites (tertiary alicyclic amines) is 1. The summed E-state index contributed by atoms with van der Waals surface area (Å²) >= 11 is 1.77. The van der Waals surface area contributed by atoms with Gasteiger partial charge in [-0.1, -0.05) is 19.1 Å². The van der Waals surface area contributed by atoms with Gasteiger partial charge in [0, 0.05) is 30.8 Å². The molecule has 1 fully saturated rings. The third-order valence-electron chi connectivity index (χ3n) is 4.60. The molecule has 3 rings (SSSR count). The molecule has 0 bridgehead atoms. The number of piperidine rings is 1. The standard InChI is InChI=1S/C17H24N2OS/c1-2-15-12-21-17(18-15)14-8-5-9-19(11-14)16(20)10-13-6-3-4-7-13/h3,6,12-14H,2,4-5,7-11H2,1H3/t13-,14+/m0/s1. The summed E-state index contributed by atoms with van der Waals surface area (Å²) in [4.78, 5) is 19.3. The number of thiazole rings is 1. The molecule has 3 nitrogen and oxygen atoms in total. The molecule has 4 heteroatoms. The number of allylic oxidation sites excluding steroid dienone is 2. The first-order chi connectivity index (χ1) is 10.3. The van der Waals surface area contributed by atoms with Gasteiger partial charge in [-0.25, -0.2) is 4.98 Å². The van der Waals surface area contributed by atoms with Gasteiger partial charge in [-0.15, -0.1) is 11.3 Å². The molecule has 1 saturated heterocycles. The minimum atomic E-state index is 0.337. The van der Waals surface area contributed by atoms with Crippen molar-refractivity contribution in [2.75, 3.05) is 13.1 Å². The average Bonchev–Trinajstić information content (AvgIpc) is 3.18. The molecule has 0 radical (unpaired) electrons. The maximum Gasteiger partial charge on any atom is 0.223 e. The van der Waals surface area contributed by atoms with Crippen molar-refractivity contribution in [1.29, 1.82) is 0 Å². The monoisotopic (exact) mass is 304 g/mol. The van der Waals surface area contributed by atoms with E-state index in [1.54, 1.807) is 11.3 Å². The van der Waals surface area contributed by atoms with Crippen LogP contribution in [0.5, 0.6) is 0 Å². The minimum Gasteiger partial charge on any atom is -0.342 e. The molecule has 1 aliphatic carbocycles. The summed E-state index contributed by atoms with van der Waals surface area (Å²) in [6, 6.07) is 0. The first kappa shape index (κ1) is 14.8. The van der Waals surface area contributed by atoms with Crippen LogP contribution in [-0.4, -0.2) is 28.9 Å². The lowest BCUT2D eigenvalue weighted by atomic mass is 9.97. The SMILES string of the molecule is CCc1csc([C@@H]2CCCN(C(=O)C[C@H]3C=CCC3)C2)n1. The number of rotatable bonds is 4. The summed E-state index contributed by atoms with van der Waals surface area (Å²) in [5, 5.41) is 3.39. The molecule has 0 N–H and O–H groups in total. The maximum atomic E-state index is 12.5. The predicted octanol–water partition coefficient (Wildman–Crippen LogP) is 3.77. The van der Waals surface area contributed by atoms with Crippen LogP contribution in [-0.2, 0) is 11.2 Å². The Morgan fingerprint density at radius 3 is 3.10 bits per heavy atom. The summed E-state index contributed by atoms with van der Waals surface area (Å²) in [5.74, 6) is 1.26. The van der Waals surface area contributed by atoms with Crippen LogP contribution in [0, 0.1) is 5.92 Å². The van der Waals surface area contributed by atoms with Gasteiger partial charge in [0.1, 0.15) is 0 Å². The average molecular weight is 304 g/mol. The maximum absolute atomic E-state index is 12.5. The number of nitrogens with zero attached hydrogens (tertiary/aromatic N) is 2. The fraction of sp³-hybridized carbons (Fsp3) is 0.647. The molecule has 0 saturated carbocycles. The van der Waals surface area contributed by atoms with E-state index in [2.05, 4.69) is 29.4 Å². The van der Waals surface area contributed by atoms with Gasteiger partial charge in [0.2, 0.25) is 5.91 Å². The number of hydrogen-bond donors (Lipinski definition) is 0. The van der Waals surface area contributed by atoms with Gasteiger partial charge >= 0.3 is 0 Å². The normalized spacial score (nSPS) is 25.5. The van der Waals surface area contributed by atoms with Crippen molar-refractivity contribution in [2.24, 2.45) is 5.92 Å². The Labute approximate surface area is 131 Å². The first-order valence-electron chi connectivity index (χ1n) is 8.15. The van der Waals surface area contributed by atoms with Crippen LogP contribution in [0.4, 0.5) is 0 Å². The van der Waals surface area contributed by atoms with E-state index in [0.29, 0.717) is 24.2 Å². The highest BCUT2D eigenvalue weighted by Crippen LogP contribution is 2.30. The molecule has 1 aromatic heterocycles. The zero-order valence-electron chi connectivity index (χ0n) is 12.8. The quantitative estimate of drug-likeness (QED) is 0.793. The van der Waals surface area contributed by atoms with E-state index < -0.39 is 0 Å². The van der Waals surface area contributed by atoms with Crippen molar-refractivity contribution in [1.82, 2.24) is 9.88 Å². The zero-order valence-corrected chi connectivity index (χ0v) is 13.6. The van der Waals surface area contributed by atoms with E-state index in [0.717, 1.165) is 38.8 Å². The Bertz CT molecular complexity index is 523. The molecule has 2 aliphatic rings. The third-order valence-corrected chi connectivity index (χ3v) is 5.66. The second-order valence-corrected chi connectivity index (χ2v) is 7.07.